The quantitative estimate of drug-likeness (QED) is 0.458. The van der Waals surface area contributed by atoms with Gasteiger partial charge < -0.3 is 14.8 Å². The Morgan fingerprint density at radius 2 is 1.28 bits per heavy atom. The summed E-state index contributed by atoms with van der Waals surface area (Å²) in [5, 5.41) is 3.25. The van der Waals surface area contributed by atoms with Gasteiger partial charge in [-0.1, -0.05) is 74.5 Å². The molecule has 0 unspecified atom stereocenters. The number of hydrogen-bond acceptors (Lipinski definition) is 3. The van der Waals surface area contributed by atoms with E-state index in [9.17, 15) is 4.79 Å². The number of carbonyl (C=O) groups excluding carboxylic acids is 1. The number of benzene rings is 3. The topological polar surface area (TPSA) is 47.6 Å². The maximum Gasteiger partial charge on any atom is 0.228 e. The van der Waals surface area contributed by atoms with E-state index in [1.807, 2.05) is 55.5 Å². The van der Waals surface area contributed by atoms with Crippen LogP contribution in [0.4, 0.5) is 0 Å². The molecule has 4 nitrogen and oxygen atoms in total. The molecule has 0 aromatic heterocycles. The van der Waals surface area contributed by atoms with Crippen molar-refractivity contribution in [1.82, 2.24) is 5.32 Å². The van der Waals surface area contributed by atoms with Gasteiger partial charge in [0.25, 0.3) is 0 Å². The Morgan fingerprint density at radius 1 is 0.781 bits per heavy atom. The minimum Gasteiger partial charge on any atom is -0.496 e. The van der Waals surface area contributed by atoms with Crippen LogP contribution in [0.15, 0.2) is 72.8 Å². The molecule has 32 heavy (non-hydrogen) atoms. The van der Waals surface area contributed by atoms with E-state index in [1.165, 1.54) is 5.56 Å². The number of hydrogen-bond donors (Lipinski definition) is 1. The number of para-hydroxylation sites is 2. The Morgan fingerprint density at radius 3 is 1.75 bits per heavy atom. The van der Waals surface area contributed by atoms with Crippen LogP contribution in [0.5, 0.6) is 11.5 Å². The maximum absolute atomic E-state index is 13.4. The van der Waals surface area contributed by atoms with Crippen molar-refractivity contribution < 1.29 is 14.3 Å². The summed E-state index contributed by atoms with van der Waals surface area (Å²) < 4.78 is 11.2. The van der Waals surface area contributed by atoms with E-state index in [2.05, 4.69) is 43.4 Å². The Hall–Kier alpha value is -3.27. The molecule has 4 heteroatoms. The van der Waals surface area contributed by atoms with Gasteiger partial charge in [0.1, 0.15) is 11.5 Å². The largest absolute Gasteiger partial charge is 0.496 e. The number of amides is 1. The molecule has 0 aliphatic carbocycles. The van der Waals surface area contributed by atoms with Gasteiger partial charge in [-0.05, 0) is 42.5 Å². The van der Waals surface area contributed by atoms with Gasteiger partial charge in [-0.2, -0.15) is 0 Å². The molecule has 1 amide bonds. The highest BCUT2D eigenvalue weighted by Crippen LogP contribution is 2.35. The zero-order chi connectivity index (χ0) is 23.1. The van der Waals surface area contributed by atoms with Crippen molar-refractivity contribution in [3.8, 4) is 11.5 Å². The summed E-state index contributed by atoms with van der Waals surface area (Å²) in [4.78, 5) is 13.4. The molecule has 0 fully saturated rings. The Kier molecular flexibility index (Phi) is 7.93. The zero-order valence-corrected chi connectivity index (χ0v) is 19.6. The lowest BCUT2D eigenvalue weighted by atomic mass is 9.93. The SMILES string of the molecule is COc1ccccc1C(NC(=O)[C@H](C)c1ccc(CC(C)C)cc1)c1ccccc1OC. The maximum atomic E-state index is 13.4. The highest BCUT2D eigenvalue weighted by atomic mass is 16.5. The van der Waals surface area contributed by atoms with Crippen LogP contribution in [0.3, 0.4) is 0 Å². The van der Waals surface area contributed by atoms with E-state index in [1.54, 1.807) is 14.2 Å². The zero-order valence-electron chi connectivity index (χ0n) is 19.6. The van der Waals surface area contributed by atoms with Gasteiger partial charge in [0.2, 0.25) is 5.91 Å². The van der Waals surface area contributed by atoms with Crippen LogP contribution in [-0.2, 0) is 11.2 Å². The fraction of sp³-hybridized carbons (Fsp3) is 0.321. The molecular weight excluding hydrogens is 398 g/mol. The molecule has 3 aromatic rings. The summed E-state index contributed by atoms with van der Waals surface area (Å²) >= 11 is 0. The molecular formula is C28H33NO3. The van der Waals surface area contributed by atoms with Crippen molar-refractivity contribution in [2.24, 2.45) is 5.92 Å². The molecule has 0 saturated heterocycles. The van der Waals surface area contributed by atoms with E-state index >= 15 is 0 Å². The first-order valence-corrected chi connectivity index (χ1v) is 11.1. The van der Waals surface area contributed by atoms with Gasteiger partial charge in [-0.15, -0.1) is 0 Å². The minimum absolute atomic E-state index is 0.0524. The number of carbonyl (C=O) groups is 1. The highest BCUT2D eigenvalue weighted by Gasteiger charge is 2.26. The monoisotopic (exact) mass is 431 g/mol. The molecule has 0 radical (unpaired) electrons. The van der Waals surface area contributed by atoms with Crippen molar-refractivity contribution in [3.63, 3.8) is 0 Å². The fourth-order valence-corrected chi connectivity index (χ4v) is 3.97. The van der Waals surface area contributed by atoms with E-state index < -0.39 is 6.04 Å². The van der Waals surface area contributed by atoms with Gasteiger partial charge in [0, 0.05) is 11.1 Å². The number of nitrogens with one attached hydrogen (secondary N) is 1. The summed E-state index contributed by atoms with van der Waals surface area (Å²) in [7, 11) is 3.28. The highest BCUT2D eigenvalue weighted by molar-refractivity contribution is 5.84. The average molecular weight is 432 g/mol. The molecule has 168 valence electrons. The van der Waals surface area contributed by atoms with Crippen LogP contribution in [0.1, 0.15) is 55.0 Å². The van der Waals surface area contributed by atoms with Crippen molar-refractivity contribution in [1.29, 1.82) is 0 Å². The van der Waals surface area contributed by atoms with Gasteiger partial charge in [0.05, 0.1) is 26.2 Å². The molecule has 1 atom stereocenters. The third kappa shape index (κ3) is 5.50. The van der Waals surface area contributed by atoms with Crippen LogP contribution in [0, 0.1) is 5.92 Å². The predicted molar refractivity (Wildman–Crippen MR) is 129 cm³/mol. The van der Waals surface area contributed by atoms with Gasteiger partial charge in [-0.3, -0.25) is 4.79 Å². The number of methoxy groups -OCH3 is 2. The molecule has 0 aliphatic rings. The molecule has 0 heterocycles. The minimum atomic E-state index is -0.405. The molecule has 0 saturated carbocycles. The average Bonchev–Trinajstić information content (AvgIpc) is 2.82. The van der Waals surface area contributed by atoms with Gasteiger partial charge in [0.15, 0.2) is 0 Å². The van der Waals surface area contributed by atoms with E-state index in [4.69, 9.17) is 9.47 Å². The lowest BCUT2D eigenvalue weighted by Gasteiger charge is -2.25. The lowest BCUT2D eigenvalue weighted by molar-refractivity contribution is -0.122. The lowest BCUT2D eigenvalue weighted by Crippen LogP contribution is -2.33. The van der Waals surface area contributed by atoms with Crippen LogP contribution in [-0.4, -0.2) is 20.1 Å². The van der Waals surface area contributed by atoms with Crippen LogP contribution < -0.4 is 14.8 Å². The molecule has 3 rings (SSSR count). The predicted octanol–water partition coefficient (Wildman–Crippen LogP) is 5.91. The molecule has 0 bridgehead atoms. The van der Waals surface area contributed by atoms with E-state index in [0.717, 1.165) is 34.6 Å². The second-order valence-electron chi connectivity index (χ2n) is 8.49. The van der Waals surface area contributed by atoms with E-state index in [-0.39, 0.29) is 11.8 Å². The first kappa shape index (κ1) is 23.4. The van der Waals surface area contributed by atoms with Crippen LogP contribution in [0.25, 0.3) is 0 Å². The van der Waals surface area contributed by atoms with E-state index in [0.29, 0.717) is 5.92 Å². The summed E-state index contributed by atoms with van der Waals surface area (Å²) in [6.07, 6.45) is 1.03. The summed E-state index contributed by atoms with van der Waals surface area (Å²) in [6.45, 7) is 6.36. The molecule has 1 N–H and O–H groups in total. The summed E-state index contributed by atoms with van der Waals surface area (Å²) in [5.41, 5.74) is 4.05. The van der Waals surface area contributed by atoms with Crippen LogP contribution >= 0.6 is 0 Å². The third-order valence-corrected chi connectivity index (χ3v) is 5.70. The molecule has 3 aromatic carbocycles. The first-order chi connectivity index (χ1) is 15.4. The second-order valence-corrected chi connectivity index (χ2v) is 8.49. The Bertz CT molecular complexity index is 979. The summed E-state index contributed by atoms with van der Waals surface area (Å²) in [6, 6.07) is 23.4. The van der Waals surface area contributed by atoms with Gasteiger partial charge >= 0.3 is 0 Å². The Balaban J connectivity index is 1.91. The number of rotatable bonds is 9. The standard InChI is InChI=1S/C28H33NO3/c1-19(2)18-21-14-16-22(17-15-21)20(3)28(30)29-27(23-10-6-8-12-25(23)31-4)24-11-7-9-13-26(24)32-5/h6-17,19-20,27H,18H2,1-5H3,(H,29,30)/t20-/m1/s1. The Labute approximate surface area is 191 Å². The number of ether oxygens (including phenoxy) is 2. The second kappa shape index (κ2) is 10.9. The molecule has 0 spiro atoms. The third-order valence-electron chi connectivity index (χ3n) is 5.70. The van der Waals surface area contributed by atoms with Crippen molar-refractivity contribution in [2.45, 2.75) is 39.2 Å². The smallest absolute Gasteiger partial charge is 0.228 e. The van der Waals surface area contributed by atoms with Crippen LogP contribution in [0.2, 0.25) is 0 Å². The van der Waals surface area contributed by atoms with Crippen molar-refractivity contribution >= 4 is 5.91 Å². The van der Waals surface area contributed by atoms with Crippen molar-refractivity contribution in [2.75, 3.05) is 14.2 Å². The van der Waals surface area contributed by atoms with Gasteiger partial charge in [-0.25, -0.2) is 0 Å². The first-order valence-electron chi connectivity index (χ1n) is 11.1. The summed E-state index contributed by atoms with van der Waals surface area (Å²) in [5.74, 6) is 1.69. The fourth-order valence-electron chi connectivity index (χ4n) is 3.97. The molecule has 0 aliphatic heterocycles. The van der Waals surface area contributed by atoms with Crippen molar-refractivity contribution in [3.05, 3.63) is 95.1 Å². The normalized spacial score (nSPS) is 12.0.